The van der Waals surface area contributed by atoms with Crippen LogP contribution in [-0.2, 0) is 9.53 Å². The number of aromatic nitrogens is 1. The summed E-state index contributed by atoms with van der Waals surface area (Å²) in [5.41, 5.74) is 3.64. The first-order chi connectivity index (χ1) is 12.8. The molecule has 1 aliphatic heterocycles. The molecule has 0 bridgehead atoms. The monoisotopic (exact) mass is 368 g/mol. The molecule has 0 fully saturated rings. The number of benzene rings is 1. The average Bonchev–Trinajstić information content (AvgIpc) is 3.04. The zero-order valence-electron chi connectivity index (χ0n) is 15.7. The molecule has 1 aromatic heterocycles. The maximum atomic E-state index is 14.2. The number of nitrogens with zero attached hydrogens (tertiary/aromatic N) is 2. The predicted octanol–water partition coefficient (Wildman–Crippen LogP) is 4.42. The van der Waals surface area contributed by atoms with Crippen LogP contribution in [0.2, 0.25) is 0 Å². The second-order valence-electron chi connectivity index (χ2n) is 6.28. The minimum Gasteiger partial charge on any atom is -0.505 e. The number of ether oxygens (including phenoxy) is 1. The van der Waals surface area contributed by atoms with E-state index in [1.807, 2.05) is 19.9 Å². The van der Waals surface area contributed by atoms with Crippen molar-refractivity contribution in [3.8, 4) is 5.69 Å². The van der Waals surface area contributed by atoms with E-state index in [4.69, 9.17) is 4.74 Å². The van der Waals surface area contributed by atoms with Gasteiger partial charge in [0.15, 0.2) is 5.76 Å². The Hall–Kier alpha value is -3.15. The van der Waals surface area contributed by atoms with Gasteiger partial charge in [0.25, 0.3) is 0 Å². The van der Waals surface area contributed by atoms with Crippen molar-refractivity contribution in [2.75, 3.05) is 6.61 Å². The molecule has 140 valence electrons. The molecule has 3 rings (SSSR count). The summed E-state index contributed by atoms with van der Waals surface area (Å²) >= 11 is 0. The molecule has 0 saturated carbocycles. The van der Waals surface area contributed by atoms with Gasteiger partial charge in [-0.2, -0.15) is 0 Å². The second-order valence-corrected chi connectivity index (χ2v) is 6.28. The summed E-state index contributed by atoms with van der Waals surface area (Å²) in [5.74, 6) is -1.13. The fraction of sp³-hybridized carbons (Fsp3) is 0.238. The van der Waals surface area contributed by atoms with Gasteiger partial charge in [0, 0.05) is 11.4 Å². The third-order valence-corrected chi connectivity index (χ3v) is 4.46. The third-order valence-electron chi connectivity index (χ3n) is 4.46. The lowest BCUT2D eigenvalue weighted by atomic mass is 10.1. The van der Waals surface area contributed by atoms with Gasteiger partial charge in [-0.3, -0.25) is 0 Å². The van der Waals surface area contributed by atoms with E-state index in [1.165, 1.54) is 6.07 Å². The highest BCUT2D eigenvalue weighted by atomic mass is 19.1. The summed E-state index contributed by atoms with van der Waals surface area (Å²) < 4.78 is 21.0. The van der Waals surface area contributed by atoms with Crippen LogP contribution in [-0.4, -0.2) is 28.0 Å². The van der Waals surface area contributed by atoms with E-state index in [0.717, 1.165) is 17.0 Å². The van der Waals surface area contributed by atoms with E-state index in [2.05, 4.69) is 4.99 Å². The Labute approximate surface area is 157 Å². The average molecular weight is 368 g/mol. The number of halogens is 1. The van der Waals surface area contributed by atoms with Crippen molar-refractivity contribution in [2.45, 2.75) is 27.7 Å². The summed E-state index contributed by atoms with van der Waals surface area (Å²) in [7, 11) is 0. The lowest BCUT2D eigenvalue weighted by Crippen LogP contribution is -2.13. The molecule has 0 radical (unpaired) electrons. The van der Waals surface area contributed by atoms with Crippen molar-refractivity contribution in [1.82, 2.24) is 4.57 Å². The smallest absolute Gasteiger partial charge is 0.343 e. The van der Waals surface area contributed by atoms with Gasteiger partial charge < -0.3 is 14.4 Å². The number of rotatable bonds is 4. The maximum Gasteiger partial charge on any atom is 0.343 e. The highest BCUT2D eigenvalue weighted by molar-refractivity contribution is 6.22. The Morgan fingerprint density at radius 2 is 2.00 bits per heavy atom. The quantitative estimate of drug-likeness (QED) is 0.813. The molecule has 0 amide bonds. The number of aryl methyl sites for hydroxylation is 1. The molecule has 1 N–H and O–H groups in total. The molecule has 0 spiro atoms. The molecule has 0 unspecified atom stereocenters. The first kappa shape index (κ1) is 18.6. The molecule has 2 aromatic rings. The molecule has 1 aliphatic rings. The number of para-hydroxylation sites is 1. The van der Waals surface area contributed by atoms with E-state index < -0.39 is 5.97 Å². The normalized spacial score (nSPS) is 15.4. The summed E-state index contributed by atoms with van der Waals surface area (Å²) in [5, 5.41) is 10.4. The molecule has 0 atom stereocenters. The van der Waals surface area contributed by atoms with E-state index in [0.29, 0.717) is 11.4 Å². The number of aliphatic hydroxyl groups is 1. The molecule has 0 aliphatic carbocycles. The largest absolute Gasteiger partial charge is 0.505 e. The molecule has 27 heavy (non-hydrogen) atoms. The summed E-state index contributed by atoms with van der Waals surface area (Å²) in [4.78, 5) is 16.3. The van der Waals surface area contributed by atoms with Crippen LogP contribution in [0.3, 0.4) is 0 Å². The minimum atomic E-state index is -0.600. The van der Waals surface area contributed by atoms with Gasteiger partial charge in [-0.15, -0.1) is 0 Å². The highest BCUT2D eigenvalue weighted by Gasteiger charge is 2.28. The number of carbonyl (C=O) groups excluding carboxylic acids is 1. The SMILES string of the molecule is CCOC(=O)C1=C(O)/C(=C\c2cc(C)n(-c3ccccc3F)c2C)N=C1C. The van der Waals surface area contributed by atoms with Crippen molar-refractivity contribution >= 4 is 17.8 Å². The molecular formula is C21H21FN2O3. The second kappa shape index (κ2) is 7.23. The Balaban J connectivity index is 2.06. The standard InChI is InChI=1S/C21H21FN2O3/c1-5-27-21(26)19-13(3)23-17(20(19)25)11-15-10-12(2)24(14(15)4)18-9-7-6-8-16(18)22/h6-11,25H,5H2,1-4H3/b17-11+. The van der Waals surface area contributed by atoms with Crippen molar-refractivity contribution in [2.24, 2.45) is 4.99 Å². The first-order valence-corrected chi connectivity index (χ1v) is 8.67. The minimum absolute atomic E-state index is 0.0750. The van der Waals surface area contributed by atoms with E-state index >= 15 is 0 Å². The molecule has 6 heteroatoms. The van der Waals surface area contributed by atoms with Crippen molar-refractivity contribution < 1.29 is 19.0 Å². The number of hydrogen-bond acceptors (Lipinski definition) is 4. The van der Waals surface area contributed by atoms with Gasteiger partial charge in [-0.25, -0.2) is 14.2 Å². The first-order valence-electron chi connectivity index (χ1n) is 8.67. The fourth-order valence-corrected chi connectivity index (χ4v) is 3.22. The van der Waals surface area contributed by atoms with Gasteiger partial charge in [-0.05, 0) is 57.5 Å². The lowest BCUT2D eigenvalue weighted by molar-refractivity contribution is -0.138. The third kappa shape index (κ3) is 3.30. The van der Waals surface area contributed by atoms with Crippen LogP contribution in [0.1, 0.15) is 30.8 Å². The topological polar surface area (TPSA) is 63.8 Å². The maximum absolute atomic E-state index is 14.2. The van der Waals surface area contributed by atoms with Crippen molar-refractivity contribution in [1.29, 1.82) is 0 Å². The summed E-state index contributed by atoms with van der Waals surface area (Å²) in [6.07, 6.45) is 1.69. The van der Waals surface area contributed by atoms with Crippen LogP contribution in [0.25, 0.3) is 11.8 Å². The summed E-state index contributed by atoms with van der Waals surface area (Å²) in [6, 6.07) is 8.43. The zero-order chi connectivity index (χ0) is 19.7. The molecular weight excluding hydrogens is 347 g/mol. The lowest BCUT2D eigenvalue weighted by Gasteiger charge is -2.10. The number of hydrogen-bond donors (Lipinski definition) is 1. The van der Waals surface area contributed by atoms with Crippen molar-refractivity contribution in [3.63, 3.8) is 0 Å². The van der Waals surface area contributed by atoms with Crippen LogP contribution < -0.4 is 0 Å². The van der Waals surface area contributed by atoms with Crippen LogP contribution in [0, 0.1) is 19.7 Å². The van der Waals surface area contributed by atoms with Gasteiger partial charge in [0.2, 0.25) is 0 Å². The van der Waals surface area contributed by atoms with Crippen LogP contribution in [0.5, 0.6) is 0 Å². The van der Waals surface area contributed by atoms with Gasteiger partial charge >= 0.3 is 5.97 Å². The van der Waals surface area contributed by atoms with Gasteiger partial charge in [0.1, 0.15) is 17.1 Å². The van der Waals surface area contributed by atoms with E-state index in [1.54, 1.807) is 42.7 Å². The van der Waals surface area contributed by atoms with Crippen molar-refractivity contribution in [3.05, 3.63) is 70.1 Å². The number of carbonyl (C=O) groups is 1. The molecule has 5 nitrogen and oxygen atoms in total. The van der Waals surface area contributed by atoms with Crippen LogP contribution in [0.4, 0.5) is 4.39 Å². The van der Waals surface area contributed by atoms with E-state index in [9.17, 15) is 14.3 Å². The fourth-order valence-electron chi connectivity index (χ4n) is 3.22. The van der Waals surface area contributed by atoms with Crippen LogP contribution in [0.15, 0.2) is 52.4 Å². The Morgan fingerprint density at radius 3 is 2.67 bits per heavy atom. The van der Waals surface area contributed by atoms with E-state index in [-0.39, 0.29) is 29.5 Å². The molecule has 1 aromatic carbocycles. The molecule has 0 saturated heterocycles. The predicted molar refractivity (Wildman–Crippen MR) is 103 cm³/mol. The number of esters is 1. The Bertz CT molecular complexity index is 1010. The highest BCUT2D eigenvalue weighted by Crippen LogP contribution is 2.29. The summed E-state index contributed by atoms with van der Waals surface area (Å²) in [6.45, 7) is 7.30. The van der Waals surface area contributed by atoms with Gasteiger partial charge in [0.05, 0.1) is 18.0 Å². The molecule has 2 heterocycles. The number of aliphatic imine (C=N–C) groups is 1. The zero-order valence-corrected chi connectivity index (χ0v) is 15.7. The Morgan fingerprint density at radius 1 is 1.30 bits per heavy atom. The number of aliphatic hydroxyl groups excluding tert-OH is 1. The Kier molecular flexibility index (Phi) is 4.99. The van der Waals surface area contributed by atoms with Crippen LogP contribution >= 0.6 is 0 Å². The van der Waals surface area contributed by atoms with Gasteiger partial charge in [-0.1, -0.05) is 12.1 Å².